The first-order valence-electron chi connectivity index (χ1n) is 4.27. The van der Waals surface area contributed by atoms with Gasteiger partial charge in [0.2, 0.25) is 0 Å². The van der Waals surface area contributed by atoms with E-state index in [1.165, 1.54) is 0 Å². The maximum Gasteiger partial charge on any atom is 0.108 e. The van der Waals surface area contributed by atoms with Crippen LogP contribution in [0.15, 0.2) is 30.3 Å². The smallest absolute Gasteiger partial charge is 0.108 e. The van der Waals surface area contributed by atoms with Crippen molar-refractivity contribution in [1.82, 2.24) is 5.32 Å². The van der Waals surface area contributed by atoms with E-state index in [-0.39, 0.29) is 5.50 Å². The predicted octanol–water partition coefficient (Wildman–Crippen LogP) is 2.92. The zero-order chi connectivity index (χ0) is 8.81. The maximum atomic E-state index is 6.07. The van der Waals surface area contributed by atoms with Gasteiger partial charge >= 0.3 is 0 Å². The van der Waals surface area contributed by atoms with Gasteiger partial charge in [-0.3, -0.25) is 5.32 Å². The van der Waals surface area contributed by atoms with Gasteiger partial charge in [0.05, 0.1) is 0 Å². The highest BCUT2D eigenvalue weighted by molar-refractivity contribution is 6.20. The summed E-state index contributed by atoms with van der Waals surface area (Å²) in [6, 6.07) is 10.0. The van der Waals surface area contributed by atoms with Gasteiger partial charge in [-0.1, -0.05) is 37.3 Å². The zero-order valence-corrected chi connectivity index (χ0v) is 8.01. The van der Waals surface area contributed by atoms with E-state index < -0.39 is 0 Å². The van der Waals surface area contributed by atoms with Crippen LogP contribution in [0.1, 0.15) is 24.4 Å². The molecule has 1 aromatic rings. The van der Waals surface area contributed by atoms with Crippen molar-refractivity contribution >= 4 is 11.6 Å². The molecular weight excluding hydrogens is 170 g/mol. The minimum absolute atomic E-state index is 0.0499. The van der Waals surface area contributed by atoms with Crippen LogP contribution in [-0.4, -0.2) is 6.54 Å². The molecular formula is C10H14ClN. The Bertz CT molecular complexity index is 210. The van der Waals surface area contributed by atoms with Crippen LogP contribution in [0.3, 0.4) is 0 Å². The third kappa shape index (κ3) is 2.84. The zero-order valence-electron chi connectivity index (χ0n) is 7.26. The molecule has 1 atom stereocenters. The molecule has 1 aromatic carbocycles. The van der Waals surface area contributed by atoms with Crippen molar-refractivity contribution in [3.63, 3.8) is 0 Å². The summed E-state index contributed by atoms with van der Waals surface area (Å²) in [6.07, 6.45) is 1.11. The summed E-state index contributed by atoms with van der Waals surface area (Å²) in [4.78, 5) is 0. The molecule has 0 saturated heterocycles. The van der Waals surface area contributed by atoms with Crippen molar-refractivity contribution in [3.8, 4) is 0 Å². The van der Waals surface area contributed by atoms with Gasteiger partial charge in [0, 0.05) is 0 Å². The van der Waals surface area contributed by atoms with Crippen molar-refractivity contribution in [2.24, 2.45) is 0 Å². The Kier molecular flexibility index (Phi) is 4.12. The average molecular weight is 184 g/mol. The van der Waals surface area contributed by atoms with Gasteiger partial charge in [0.15, 0.2) is 0 Å². The number of hydrogen-bond acceptors (Lipinski definition) is 1. The number of halogens is 1. The fourth-order valence-corrected chi connectivity index (χ4v) is 1.27. The molecule has 0 spiro atoms. The molecule has 1 N–H and O–H groups in total. The SMILES string of the molecule is CCCNC(Cl)c1ccccc1. The first-order chi connectivity index (χ1) is 5.84. The molecule has 66 valence electrons. The Morgan fingerprint density at radius 3 is 2.58 bits per heavy atom. The van der Waals surface area contributed by atoms with E-state index in [0.29, 0.717) is 0 Å². The lowest BCUT2D eigenvalue weighted by Crippen LogP contribution is -2.17. The summed E-state index contributed by atoms with van der Waals surface area (Å²) < 4.78 is 0. The Hall–Kier alpha value is -0.530. The predicted molar refractivity (Wildman–Crippen MR) is 53.3 cm³/mol. The number of alkyl halides is 1. The molecule has 0 bridgehead atoms. The quantitative estimate of drug-likeness (QED) is 0.559. The molecule has 12 heavy (non-hydrogen) atoms. The first-order valence-corrected chi connectivity index (χ1v) is 4.70. The van der Waals surface area contributed by atoms with Crippen LogP contribution in [0.2, 0.25) is 0 Å². The second-order valence-corrected chi connectivity index (χ2v) is 3.16. The molecule has 0 aliphatic carbocycles. The van der Waals surface area contributed by atoms with Gasteiger partial charge in [-0.05, 0) is 18.5 Å². The van der Waals surface area contributed by atoms with E-state index >= 15 is 0 Å². The van der Waals surface area contributed by atoms with Crippen LogP contribution in [0.5, 0.6) is 0 Å². The molecule has 0 radical (unpaired) electrons. The van der Waals surface area contributed by atoms with Crippen molar-refractivity contribution in [2.45, 2.75) is 18.8 Å². The standard InChI is InChI=1S/C10H14ClN/c1-2-8-12-10(11)9-6-4-3-5-7-9/h3-7,10,12H,2,8H2,1H3. The molecule has 0 saturated carbocycles. The van der Waals surface area contributed by atoms with Crippen LogP contribution in [0, 0.1) is 0 Å². The largest absolute Gasteiger partial charge is 0.298 e. The third-order valence-corrected chi connectivity index (χ3v) is 2.07. The van der Waals surface area contributed by atoms with Crippen LogP contribution in [0.4, 0.5) is 0 Å². The molecule has 1 unspecified atom stereocenters. The monoisotopic (exact) mass is 183 g/mol. The summed E-state index contributed by atoms with van der Waals surface area (Å²) >= 11 is 6.07. The summed E-state index contributed by atoms with van der Waals surface area (Å²) in [5.74, 6) is 0. The van der Waals surface area contributed by atoms with Crippen LogP contribution in [-0.2, 0) is 0 Å². The summed E-state index contributed by atoms with van der Waals surface area (Å²) in [6.45, 7) is 3.09. The number of benzene rings is 1. The molecule has 0 fully saturated rings. The van der Waals surface area contributed by atoms with E-state index in [1.54, 1.807) is 0 Å². The number of hydrogen-bond donors (Lipinski definition) is 1. The van der Waals surface area contributed by atoms with E-state index in [1.807, 2.05) is 30.3 Å². The molecule has 0 aromatic heterocycles. The number of rotatable bonds is 4. The Labute approximate surface area is 78.7 Å². The molecule has 0 aliphatic rings. The topological polar surface area (TPSA) is 12.0 Å². The summed E-state index contributed by atoms with van der Waals surface area (Å²) in [7, 11) is 0. The average Bonchev–Trinajstić information content (AvgIpc) is 2.15. The van der Waals surface area contributed by atoms with Crippen LogP contribution in [0.25, 0.3) is 0 Å². The van der Waals surface area contributed by atoms with Gasteiger partial charge in [0.1, 0.15) is 5.50 Å². The molecule has 2 heteroatoms. The first kappa shape index (κ1) is 9.56. The molecule has 0 aliphatic heterocycles. The highest BCUT2D eigenvalue weighted by Crippen LogP contribution is 2.15. The summed E-state index contributed by atoms with van der Waals surface area (Å²) in [5.41, 5.74) is 1.08. The minimum Gasteiger partial charge on any atom is -0.298 e. The van der Waals surface area contributed by atoms with Crippen molar-refractivity contribution in [2.75, 3.05) is 6.54 Å². The van der Waals surface area contributed by atoms with Gasteiger partial charge in [-0.25, -0.2) is 0 Å². The van der Waals surface area contributed by atoms with Gasteiger partial charge < -0.3 is 0 Å². The fraction of sp³-hybridized carbons (Fsp3) is 0.400. The van der Waals surface area contributed by atoms with E-state index in [0.717, 1.165) is 18.5 Å². The van der Waals surface area contributed by atoms with Gasteiger partial charge in [-0.15, -0.1) is 11.6 Å². The van der Waals surface area contributed by atoms with E-state index in [2.05, 4.69) is 12.2 Å². The van der Waals surface area contributed by atoms with Crippen LogP contribution >= 0.6 is 11.6 Å². The number of nitrogens with one attached hydrogen (secondary N) is 1. The lowest BCUT2D eigenvalue weighted by molar-refractivity contribution is 0.655. The van der Waals surface area contributed by atoms with Crippen molar-refractivity contribution < 1.29 is 0 Å². The Balaban J connectivity index is 2.48. The molecule has 0 heterocycles. The Morgan fingerprint density at radius 2 is 2.00 bits per heavy atom. The highest BCUT2D eigenvalue weighted by atomic mass is 35.5. The highest BCUT2D eigenvalue weighted by Gasteiger charge is 2.03. The van der Waals surface area contributed by atoms with Crippen molar-refractivity contribution in [1.29, 1.82) is 0 Å². The maximum absolute atomic E-state index is 6.07. The Morgan fingerprint density at radius 1 is 1.33 bits per heavy atom. The lowest BCUT2D eigenvalue weighted by Gasteiger charge is -2.10. The second kappa shape index (κ2) is 5.18. The molecule has 0 amide bonds. The molecule has 1 rings (SSSR count). The fourth-order valence-electron chi connectivity index (χ4n) is 1.01. The van der Waals surface area contributed by atoms with Crippen LogP contribution < -0.4 is 5.32 Å². The normalized spacial score (nSPS) is 12.8. The lowest BCUT2D eigenvalue weighted by atomic mass is 10.2. The van der Waals surface area contributed by atoms with E-state index in [4.69, 9.17) is 11.6 Å². The molecule has 1 nitrogen and oxygen atoms in total. The minimum atomic E-state index is -0.0499. The third-order valence-electron chi connectivity index (χ3n) is 1.67. The summed E-state index contributed by atoms with van der Waals surface area (Å²) in [5, 5.41) is 3.21. The van der Waals surface area contributed by atoms with Crippen molar-refractivity contribution in [3.05, 3.63) is 35.9 Å². The van der Waals surface area contributed by atoms with Gasteiger partial charge in [0.25, 0.3) is 0 Å². The van der Waals surface area contributed by atoms with E-state index in [9.17, 15) is 0 Å². The second-order valence-electron chi connectivity index (χ2n) is 2.73. The van der Waals surface area contributed by atoms with Gasteiger partial charge in [-0.2, -0.15) is 0 Å².